The van der Waals surface area contributed by atoms with Gasteiger partial charge in [0, 0.05) is 25.3 Å². The minimum atomic E-state index is -0.472. The molecular weight excluding hydrogens is 374 g/mol. The van der Waals surface area contributed by atoms with Crippen molar-refractivity contribution in [2.45, 2.75) is 38.5 Å². The van der Waals surface area contributed by atoms with Crippen LogP contribution in [-0.4, -0.2) is 53.5 Å². The number of aryl methyl sites for hydroxylation is 1. The molecule has 1 N–H and O–H groups in total. The van der Waals surface area contributed by atoms with E-state index < -0.39 is 6.23 Å². The molecular formula is C25H31N3O2. The van der Waals surface area contributed by atoms with Gasteiger partial charge in [0.2, 0.25) is 5.91 Å². The zero-order valence-electron chi connectivity index (χ0n) is 17.5. The fourth-order valence-corrected chi connectivity index (χ4v) is 5.32. The van der Waals surface area contributed by atoms with E-state index in [1.807, 2.05) is 29.2 Å². The van der Waals surface area contributed by atoms with Gasteiger partial charge in [-0.15, -0.1) is 0 Å². The lowest BCUT2D eigenvalue weighted by Gasteiger charge is -2.36. The first kappa shape index (κ1) is 19.7. The molecule has 1 amide bonds. The van der Waals surface area contributed by atoms with Crippen molar-refractivity contribution in [3.8, 4) is 0 Å². The van der Waals surface area contributed by atoms with E-state index in [1.54, 1.807) is 0 Å². The second kappa shape index (κ2) is 8.50. The van der Waals surface area contributed by atoms with E-state index in [-0.39, 0.29) is 5.91 Å². The van der Waals surface area contributed by atoms with Crippen LogP contribution in [0.2, 0.25) is 0 Å². The Labute approximate surface area is 178 Å². The highest BCUT2D eigenvalue weighted by Crippen LogP contribution is 2.33. The van der Waals surface area contributed by atoms with E-state index in [1.165, 1.54) is 11.1 Å². The molecule has 30 heavy (non-hydrogen) atoms. The minimum Gasteiger partial charge on any atom is -0.374 e. The van der Waals surface area contributed by atoms with Crippen molar-refractivity contribution in [3.05, 3.63) is 65.2 Å². The van der Waals surface area contributed by atoms with E-state index in [0.717, 1.165) is 69.7 Å². The number of benzene rings is 2. The molecule has 0 saturated carbocycles. The summed E-state index contributed by atoms with van der Waals surface area (Å²) in [5.74, 6) is 0.807. The number of hydrogen-bond acceptors (Lipinski definition) is 4. The van der Waals surface area contributed by atoms with Crippen LogP contribution >= 0.6 is 0 Å². The average Bonchev–Trinajstić information content (AvgIpc) is 3.10. The summed E-state index contributed by atoms with van der Waals surface area (Å²) in [6, 6.07) is 16.5. The molecule has 0 aromatic heterocycles. The molecule has 158 valence electrons. The lowest BCUT2D eigenvalue weighted by molar-refractivity contribution is -0.120. The highest BCUT2D eigenvalue weighted by Gasteiger charge is 2.31. The summed E-state index contributed by atoms with van der Waals surface area (Å²) in [6.45, 7) is 5.03. The maximum atomic E-state index is 13.0. The SMILES string of the molecule is O=C(CN1CCC(CN2Cc3ccccc3C2O)CC1)N1CCCc2ccccc21. The van der Waals surface area contributed by atoms with Crippen LogP contribution in [0.25, 0.3) is 0 Å². The van der Waals surface area contributed by atoms with E-state index in [4.69, 9.17) is 0 Å². The first-order chi connectivity index (χ1) is 14.7. The number of rotatable bonds is 4. The second-order valence-corrected chi connectivity index (χ2v) is 9.00. The third kappa shape index (κ3) is 3.89. The minimum absolute atomic E-state index is 0.228. The van der Waals surface area contributed by atoms with Crippen LogP contribution in [0.15, 0.2) is 48.5 Å². The van der Waals surface area contributed by atoms with Gasteiger partial charge >= 0.3 is 0 Å². The van der Waals surface area contributed by atoms with Gasteiger partial charge in [0.1, 0.15) is 6.23 Å². The topological polar surface area (TPSA) is 47.0 Å². The summed E-state index contributed by atoms with van der Waals surface area (Å²) in [7, 11) is 0. The van der Waals surface area contributed by atoms with Gasteiger partial charge in [-0.05, 0) is 67.4 Å². The number of carbonyl (C=O) groups excluding carboxylic acids is 1. The number of aliphatic hydroxyl groups excluding tert-OH is 1. The molecule has 1 saturated heterocycles. The molecule has 5 heteroatoms. The third-order valence-corrected chi connectivity index (χ3v) is 7.02. The first-order valence-corrected chi connectivity index (χ1v) is 11.3. The van der Waals surface area contributed by atoms with Gasteiger partial charge in [0.15, 0.2) is 0 Å². The predicted molar refractivity (Wildman–Crippen MR) is 118 cm³/mol. The average molecular weight is 406 g/mol. The molecule has 3 aliphatic rings. The number of likely N-dealkylation sites (tertiary alicyclic amines) is 1. The summed E-state index contributed by atoms with van der Waals surface area (Å²) < 4.78 is 0. The fraction of sp³-hybridized carbons (Fsp3) is 0.480. The van der Waals surface area contributed by atoms with Crippen LogP contribution in [-0.2, 0) is 17.8 Å². The van der Waals surface area contributed by atoms with Crippen LogP contribution in [0.5, 0.6) is 0 Å². The number of amides is 1. The summed E-state index contributed by atoms with van der Waals surface area (Å²) in [5, 5.41) is 10.6. The van der Waals surface area contributed by atoms with Crippen molar-refractivity contribution < 1.29 is 9.90 Å². The zero-order chi connectivity index (χ0) is 20.5. The van der Waals surface area contributed by atoms with Gasteiger partial charge in [0.05, 0.1) is 6.54 Å². The second-order valence-electron chi connectivity index (χ2n) is 9.00. The van der Waals surface area contributed by atoms with Crippen molar-refractivity contribution in [3.63, 3.8) is 0 Å². The number of anilines is 1. The maximum absolute atomic E-state index is 13.0. The number of nitrogens with zero attached hydrogens (tertiary/aromatic N) is 3. The Hall–Kier alpha value is -2.21. The quantitative estimate of drug-likeness (QED) is 0.849. The maximum Gasteiger partial charge on any atom is 0.241 e. The number of para-hydroxylation sites is 1. The number of hydrogen-bond donors (Lipinski definition) is 1. The number of piperidine rings is 1. The largest absolute Gasteiger partial charge is 0.374 e. The number of fused-ring (bicyclic) bond motifs is 2. The summed E-state index contributed by atoms with van der Waals surface area (Å²) in [5.41, 5.74) is 4.70. The Kier molecular flexibility index (Phi) is 5.59. The predicted octanol–water partition coefficient (Wildman–Crippen LogP) is 3.18. The molecule has 2 aromatic carbocycles. The fourth-order valence-electron chi connectivity index (χ4n) is 5.32. The van der Waals surface area contributed by atoms with Crippen molar-refractivity contribution >= 4 is 11.6 Å². The standard InChI is InChI=1S/C25H31N3O2/c29-24(28-13-5-8-20-6-2-4-10-23(20)28)18-26-14-11-19(12-15-26)16-27-17-21-7-1-3-9-22(21)25(27)30/h1-4,6-7,9-10,19,25,30H,5,8,11-18H2. The van der Waals surface area contributed by atoms with Crippen LogP contribution in [0.1, 0.15) is 42.2 Å². The van der Waals surface area contributed by atoms with Gasteiger partial charge in [-0.3, -0.25) is 14.6 Å². The van der Waals surface area contributed by atoms with E-state index >= 15 is 0 Å². The smallest absolute Gasteiger partial charge is 0.241 e. The van der Waals surface area contributed by atoms with Crippen LogP contribution in [0, 0.1) is 5.92 Å². The highest BCUT2D eigenvalue weighted by molar-refractivity contribution is 5.95. The van der Waals surface area contributed by atoms with Crippen LogP contribution in [0.4, 0.5) is 5.69 Å². The summed E-state index contributed by atoms with van der Waals surface area (Å²) in [4.78, 5) is 19.5. The highest BCUT2D eigenvalue weighted by atomic mass is 16.3. The Morgan fingerprint density at radius 3 is 2.50 bits per heavy atom. The Morgan fingerprint density at radius 2 is 1.70 bits per heavy atom. The number of carbonyl (C=O) groups is 1. The molecule has 1 unspecified atom stereocenters. The van der Waals surface area contributed by atoms with Crippen molar-refractivity contribution in [2.75, 3.05) is 37.6 Å². The molecule has 3 aliphatic heterocycles. The van der Waals surface area contributed by atoms with E-state index in [2.05, 4.69) is 34.1 Å². The molecule has 3 heterocycles. The monoisotopic (exact) mass is 405 g/mol. The van der Waals surface area contributed by atoms with Crippen molar-refractivity contribution in [1.82, 2.24) is 9.80 Å². The van der Waals surface area contributed by atoms with Crippen LogP contribution < -0.4 is 4.90 Å². The molecule has 5 rings (SSSR count). The molecule has 1 atom stereocenters. The van der Waals surface area contributed by atoms with E-state index in [0.29, 0.717) is 12.5 Å². The van der Waals surface area contributed by atoms with Crippen LogP contribution in [0.3, 0.4) is 0 Å². The molecule has 2 aromatic rings. The molecule has 0 spiro atoms. The van der Waals surface area contributed by atoms with Gasteiger partial charge in [-0.2, -0.15) is 0 Å². The van der Waals surface area contributed by atoms with Crippen molar-refractivity contribution in [2.24, 2.45) is 5.92 Å². The van der Waals surface area contributed by atoms with E-state index in [9.17, 15) is 9.90 Å². The Bertz CT molecular complexity index is 907. The van der Waals surface area contributed by atoms with Crippen molar-refractivity contribution in [1.29, 1.82) is 0 Å². The summed E-state index contributed by atoms with van der Waals surface area (Å²) >= 11 is 0. The molecule has 0 aliphatic carbocycles. The third-order valence-electron chi connectivity index (χ3n) is 7.02. The normalized spacial score (nSPS) is 22.7. The molecule has 0 radical (unpaired) electrons. The first-order valence-electron chi connectivity index (χ1n) is 11.3. The van der Waals surface area contributed by atoms with Gasteiger partial charge in [0.25, 0.3) is 0 Å². The lowest BCUT2D eigenvalue weighted by Crippen LogP contribution is -2.46. The Balaban J connectivity index is 1.13. The Morgan fingerprint density at radius 1 is 0.967 bits per heavy atom. The van der Waals surface area contributed by atoms with Gasteiger partial charge in [-0.25, -0.2) is 0 Å². The summed E-state index contributed by atoms with van der Waals surface area (Å²) in [6.07, 6.45) is 3.82. The number of aliphatic hydroxyl groups is 1. The van der Waals surface area contributed by atoms with Gasteiger partial charge in [-0.1, -0.05) is 42.5 Å². The molecule has 5 nitrogen and oxygen atoms in total. The molecule has 0 bridgehead atoms. The van der Waals surface area contributed by atoms with Gasteiger partial charge < -0.3 is 10.0 Å². The molecule has 1 fully saturated rings. The lowest BCUT2D eigenvalue weighted by atomic mass is 9.96. The zero-order valence-corrected chi connectivity index (χ0v) is 17.5.